The van der Waals surface area contributed by atoms with Gasteiger partial charge in [0.05, 0.1) is 5.56 Å². The Balaban J connectivity index is 2.61. The van der Waals surface area contributed by atoms with Crippen molar-refractivity contribution in [2.45, 2.75) is 0 Å². The Morgan fingerprint density at radius 1 is 1.29 bits per heavy atom. The Bertz CT molecular complexity index is 503. The Hall–Kier alpha value is -2.28. The Morgan fingerprint density at radius 3 is 2.57 bits per heavy atom. The normalized spacial score (nSPS) is 11.5. The summed E-state index contributed by atoms with van der Waals surface area (Å²) in [5.41, 5.74) is 6.01. The zero-order chi connectivity index (χ0) is 15.8. The summed E-state index contributed by atoms with van der Waals surface area (Å²) in [6, 6.07) is 6.82. The minimum absolute atomic E-state index is 0.0565. The molecule has 7 nitrogen and oxygen atoms in total. The predicted octanol–water partition coefficient (Wildman–Crippen LogP) is 0.180. The molecule has 7 heteroatoms. The van der Waals surface area contributed by atoms with Crippen LogP contribution in [0.3, 0.4) is 0 Å². The van der Waals surface area contributed by atoms with Crippen molar-refractivity contribution in [2.75, 3.05) is 40.8 Å². The molecule has 0 bridgehead atoms. The van der Waals surface area contributed by atoms with E-state index in [-0.39, 0.29) is 18.3 Å². The lowest BCUT2D eigenvalue weighted by Crippen LogP contribution is -2.36. The summed E-state index contributed by atoms with van der Waals surface area (Å²) in [4.78, 5) is 15.6. The van der Waals surface area contributed by atoms with E-state index in [1.807, 2.05) is 19.0 Å². The quantitative estimate of drug-likeness (QED) is 0.324. The minimum atomic E-state index is -0.133. The molecule has 0 radical (unpaired) electrons. The lowest BCUT2D eigenvalue weighted by Gasteiger charge is -2.20. The number of hydrogen-bond acceptors (Lipinski definition) is 5. The Labute approximate surface area is 124 Å². The maximum Gasteiger partial charge on any atom is 0.260 e. The fourth-order valence-corrected chi connectivity index (χ4v) is 1.58. The van der Waals surface area contributed by atoms with E-state index in [2.05, 4.69) is 5.16 Å². The van der Waals surface area contributed by atoms with Gasteiger partial charge in [-0.15, -0.1) is 0 Å². The molecule has 0 atom stereocenters. The summed E-state index contributed by atoms with van der Waals surface area (Å²) in [7, 11) is 5.62. The van der Waals surface area contributed by atoms with E-state index in [9.17, 15) is 4.79 Å². The lowest BCUT2D eigenvalue weighted by molar-refractivity contribution is -0.132. The monoisotopic (exact) mass is 294 g/mol. The van der Waals surface area contributed by atoms with Crippen LogP contribution in [0.4, 0.5) is 0 Å². The molecule has 0 heterocycles. The average molecular weight is 294 g/mol. The highest BCUT2D eigenvalue weighted by molar-refractivity contribution is 5.99. The van der Waals surface area contributed by atoms with E-state index in [0.29, 0.717) is 17.9 Å². The summed E-state index contributed by atoms with van der Waals surface area (Å²) in [6.07, 6.45) is 0. The van der Waals surface area contributed by atoms with Crippen molar-refractivity contribution >= 4 is 11.7 Å². The van der Waals surface area contributed by atoms with Crippen molar-refractivity contribution < 1.29 is 14.7 Å². The lowest BCUT2D eigenvalue weighted by atomic mass is 10.2. The van der Waals surface area contributed by atoms with Crippen LogP contribution in [0.2, 0.25) is 0 Å². The summed E-state index contributed by atoms with van der Waals surface area (Å²) in [6.45, 7) is 1.31. The molecule has 0 saturated carbocycles. The van der Waals surface area contributed by atoms with Gasteiger partial charge in [-0.05, 0) is 26.2 Å². The molecular weight excluding hydrogens is 272 g/mol. The summed E-state index contributed by atoms with van der Waals surface area (Å²) < 4.78 is 5.47. The fraction of sp³-hybridized carbons (Fsp3) is 0.429. The standard InChI is InChI=1S/C14H22N4O3/c1-17(2)8-9-18(3)13(19)10-21-12-7-5-4-6-11(12)14(15)16-20/h4-7,20H,8-10H2,1-3H3,(H2,15,16). The number of benzene rings is 1. The largest absolute Gasteiger partial charge is 0.483 e. The molecular formula is C14H22N4O3. The van der Waals surface area contributed by atoms with E-state index in [4.69, 9.17) is 15.7 Å². The van der Waals surface area contributed by atoms with Crippen molar-refractivity contribution in [3.05, 3.63) is 29.8 Å². The number of carbonyl (C=O) groups excluding carboxylic acids is 1. The molecule has 116 valence electrons. The fourth-order valence-electron chi connectivity index (χ4n) is 1.58. The van der Waals surface area contributed by atoms with E-state index in [0.717, 1.165) is 6.54 Å². The molecule has 1 aromatic rings. The van der Waals surface area contributed by atoms with Gasteiger partial charge in [-0.2, -0.15) is 0 Å². The number of oxime groups is 1. The second-order valence-electron chi connectivity index (χ2n) is 4.89. The number of hydrogen-bond donors (Lipinski definition) is 2. The third-order valence-electron chi connectivity index (χ3n) is 2.93. The van der Waals surface area contributed by atoms with Gasteiger partial charge < -0.3 is 25.5 Å². The third kappa shape index (κ3) is 5.31. The van der Waals surface area contributed by atoms with E-state index >= 15 is 0 Å². The molecule has 3 N–H and O–H groups in total. The average Bonchev–Trinajstić information content (AvgIpc) is 2.49. The number of amidine groups is 1. The maximum atomic E-state index is 12.0. The number of nitrogens with two attached hydrogens (primary N) is 1. The summed E-state index contributed by atoms with van der Waals surface area (Å²) in [5, 5.41) is 11.7. The number of amides is 1. The van der Waals surface area contributed by atoms with Crippen LogP contribution < -0.4 is 10.5 Å². The predicted molar refractivity (Wildman–Crippen MR) is 80.6 cm³/mol. The zero-order valence-electron chi connectivity index (χ0n) is 12.6. The zero-order valence-corrected chi connectivity index (χ0v) is 12.6. The van der Waals surface area contributed by atoms with Gasteiger partial charge in [0.25, 0.3) is 5.91 Å². The number of rotatable bonds is 7. The van der Waals surface area contributed by atoms with Crippen molar-refractivity contribution in [1.29, 1.82) is 0 Å². The van der Waals surface area contributed by atoms with Crippen LogP contribution in [0.1, 0.15) is 5.56 Å². The van der Waals surface area contributed by atoms with Gasteiger partial charge in [0.15, 0.2) is 12.4 Å². The molecule has 0 saturated heterocycles. The van der Waals surface area contributed by atoms with Crippen LogP contribution in [-0.2, 0) is 4.79 Å². The summed E-state index contributed by atoms with van der Waals surface area (Å²) in [5.74, 6) is 0.215. The van der Waals surface area contributed by atoms with Crippen LogP contribution in [0.25, 0.3) is 0 Å². The van der Waals surface area contributed by atoms with Gasteiger partial charge in [0.2, 0.25) is 0 Å². The van der Waals surface area contributed by atoms with E-state index in [1.54, 1.807) is 36.2 Å². The van der Waals surface area contributed by atoms with Gasteiger partial charge in [0, 0.05) is 20.1 Å². The Morgan fingerprint density at radius 2 is 1.95 bits per heavy atom. The highest BCUT2D eigenvalue weighted by atomic mass is 16.5. The van der Waals surface area contributed by atoms with E-state index < -0.39 is 0 Å². The second kappa shape index (κ2) is 8.11. The van der Waals surface area contributed by atoms with Crippen molar-refractivity contribution in [1.82, 2.24) is 9.80 Å². The molecule has 0 spiro atoms. The van der Waals surface area contributed by atoms with Crippen LogP contribution >= 0.6 is 0 Å². The maximum absolute atomic E-state index is 12.0. The molecule has 0 aliphatic rings. The molecule has 0 aliphatic heterocycles. The minimum Gasteiger partial charge on any atom is -0.483 e. The topological polar surface area (TPSA) is 91.4 Å². The first-order chi connectivity index (χ1) is 9.95. The molecule has 1 aromatic carbocycles. The van der Waals surface area contributed by atoms with Crippen molar-refractivity contribution in [3.63, 3.8) is 0 Å². The number of nitrogens with zero attached hydrogens (tertiary/aromatic N) is 3. The first kappa shape index (κ1) is 16.8. The smallest absolute Gasteiger partial charge is 0.260 e. The van der Waals surface area contributed by atoms with Gasteiger partial charge in [-0.3, -0.25) is 4.79 Å². The molecule has 1 amide bonds. The first-order valence-corrected chi connectivity index (χ1v) is 6.54. The molecule has 1 rings (SSSR count). The number of para-hydroxylation sites is 1. The molecule has 0 unspecified atom stereocenters. The van der Waals surface area contributed by atoms with Crippen LogP contribution in [0, 0.1) is 0 Å². The SMILES string of the molecule is CN(C)CCN(C)C(=O)COc1ccccc1C(N)=NO. The van der Waals surface area contributed by atoms with Crippen molar-refractivity contribution in [2.24, 2.45) is 10.9 Å². The van der Waals surface area contributed by atoms with E-state index in [1.165, 1.54) is 0 Å². The van der Waals surface area contributed by atoms with Crippen LogP contribution in [-0.4, -0.2) is 67.6 Å². The molecule has 0 fully saturated rings. The number of carbonyl (C=O) groups is 1. The van der Waals surface area contributed by atoms with Gasteiger partial charge in [-0.25, -0.2) is 0 Å². The molecule has 0 aliphatic carbocycles. The van der Waals surface area contributed by atoms with Crippen LogP contribution in [0.15, 0.2) is 29.4 Å². The highest BCUT2D eigenvalue weighted by Gasteiger charge is 2.12. The van der Waals surface area contributed by atoms with Crippen molar-refractivity contribution in [3.8, 4) is 5.75 Å². The third-order valence-corrected chi connectivity index (χ3v) is 2.93. The van der Waals surface area contributed by atoms with Gasteiger partial charge in [0.1, 0.15) is 5.75 Å². The molecule has 21 heavy (non-hydrogen) atoms. The van der Waals surface area contributed by atoms with Crippen LogP contribution in [0.5, 0.6) is 5.75 Å². The number of likely N-dealkylation sites (N-methyl/N-ethyl adjacent to an activating group) is 2. The first-order valence-electron chi connectivity index (χ1n) is 6.54. The Kier molecular flexibility index (Phi) is 6.48. The number of ether oxygens (including phenoxy) is 1. The van der Waals surface area contributed by atoms with Gasteiger partial charge in [-0.1, -0.05) is 17.3 Å². The summed E-state index contributed by atoms with van der Waals surface area (Å²) >= 11 is 0. The second-order valence-corrected chi connectivity index (χ2v) is 4.89. The van der Waals surface area contributed by atoms with Gasteiger partial charge >= 0.3 is 0 Å². The highest BCUT2D eigenvalue weighted by Crippen LogP contribution is 2.17. The molecule has 0 aromatic heterocycles.